The highest BCUT2D eigenvalue weighted by atomic mass is 127. The Balaban J connectivity index is 0.00000450. The Labute approximate surface area is 197 Å². The summed E-state index contributed by atoms with van der Waals surface area (Å²) >= 11 is 0. The predicted molar refractivity (Wildman–Crippen MR) is 129 cm³/mol. The third-order valence-corrected chi connectivity index (χ3v) is 5.22. The van der Waals surface area contributed by atoms with Crippen molar-refractivity contribution in [3.63, 3.8) is 0 Å². The fourth-order valence-electron chi connectivity index (χ4n) is 3.43. The first-order chi connectivity index (χ1) is 14.1. The summed E-state index contributed by atoms with van der Waals surface area (Å²) in [6.45, 7) is 10.6. The third kappa shape index (κ3) is 8.37. The van der Waals surface area contributed by atoms with Crippen molar-refractivity contribution in [1.82, 2.24) is 29.9 Å². The van der Waals surface area contributed by atoms with E-state index in [0.717, 1.165) is 44.2 Å². The zero-order chi connectivity index (χ0) is 21.1. The standard InChI is InChI=1S/C20H37N7O2.HI/c1-5-18-24-23-16-27(18)12-11-21-20(22-14-17-10-8-9-13-29-17)25(4)15-19(28)26(6-2)7-3;/h16-17H,5-15H2,1-4H3,(H,21,22);1H. The normalized spacial score (nSPS) is 16.7. The van der Waals surface area contributed by atoms with Gasteiger partial charge in [0, 0.05) is 46.3 Å². The molecule has 1 aromatic heterocycles. The summed E-state index contributed by atoms with van der Waals surface area (Å²) in [6, 6.07) is 0. The fourth-order valence-corrected chi connectivity index (χ4v) is 3.43. The lowest BCUT2D eigenvalue weighted by molar-refractivity contribution is -0.131. The van der Waals surface area contributed by atoms with Crippen molar-refractivity contribution in [2.24, 2.45) is 4.99 Å². The smallest absolute Gasteiger partial charge is 0.242 e. The molecule has 0 aromatic carbocycles. The van der Waals surface area contributed by atoms with E-state index < -0.39 is 0 Å². The molecule has 1 aliphatic heterocycles. The number of amides is 1. The molecule has 2 heterocycles. The second kappa shape index (κ2) is 14.6. The van der Waals surface area contributed by atoms with Gasteiger partial charge in [0.15, 0.2) is 5.96 Å². The maximum absolute atomic E-state index is 12.5. The molecule has 30 heavy (non-hydrogen) atoms. The summed E-state index contributed by atoms with van der Waals surface area (Å²) in [5.41, 5.74) is 0. The number of carbonyl (C=O) groups is 1. The molecule has 0 spiro atoms. The van der Waals surface area contributed by atoms with E-state index in [4.69, 9.17) is 9.73 Å². The molecule has 0 aliphatic carbocycles. The minimum atomic E-state index is 0. The second-order valence-electron chi connectivity index (χ2n) is 7.30. The summed E-state index contributed by atoms with van der Waals surface area (Å²) in [6.07, 6.45) is 6.12. The van der Waals surface area contributed by atoms with Gasteiger partial charge < -0.3 is 24.4 Å². The van der Waals surface area contributed by atoms with Crippen LogP contribution < -0.4 is 5.32 Å². The second-order valence-corrected chi connectivity index (χ2v) is 7.30. The van der Waals surface area contributed by atoms with E-state index in [1.807, 2.05) is 35.3 Å². The maximum Gasteiger partial charge on any atom is 0.242 e. The van der Waals surface area contributed by atoms with Crippen molar-refractivity contribution < 1.29 is 9.53 Å². The van der Waals surface area contributed by atoms with Crippen LogP contribution in [0.15, 0.2) is 11.3 Å². The zero-order valence-corrected chi connectivity index (χ0v) is 21.2. The van der Waals surface area contributed by atoms with Crippen molar-refractivity contribution in [3.8, 4) is 0 Å². The number of nitrogens with zero attached hydrogens (tertiary/aromatic N) is 6. The molecule has 1 aliphatic rings. The highest BCUT2D eigenvalue weighted by Gasteiger charge is 2.17. The predicted octanol–water partition coefficient (Wildman–Crippen LogP) is 1.77. The molecule has 10 heteroatoms. The highest BCUT2D eigenvalue weighted by Crippen LogP contribution is 2.12. The van der Waals surface area contributed by atoms with Crippen LogP contribution in [0.25, 0.3) is 0 Å². The Kier molecular flexibility index (Phi) is 12.9. The van der Waals surface area contributed by atoms with Crippen molar-refractivity contribution in [3.05, 3.63) is 12.2 Å². The molecule has 1 saturated heterocycles. The number of likely N-dealkylation sites (N-methyl/N-ethyl adjacent to an activating group) is 2. The van der Waals surface area contributed by atoms with Crippen LogP contribution in [0.4, 0.5) is 0 Å². The number of rotatable bonds is 10. The number of aromatic nitrogens is 3. The van der Waals surface area contributed by atoms with E-state index in [2.05, 4.69) is 22.4 Å². The Morgan fingerprint density at radius 1 is 1.33 bits per heavy atom. The van der Waals surface area contributed by atoms with Gasteiger partial charge in [-0.25, -0.2) is 0 Å². The Bertz CT molecular complexity index is 643. The number of hydrogen-bond donors (Lipinski definition) is 1. The summed E-state index contributed by atoms with van der Waals surface area (Å²) in [7, 11) is 1.91. The number of ether oxygens (including phenoxy) is 1. The summed E-state index contributed by atoms with van der Waals surface area (Å²) < 4.78 is 7.84. The Morgan fingerprint density at radius 3 is 2.73 bits per heavy atom. The number of aliphatic imine (C=N–C) groups is 1. The summed E-state index contributed by atoms with van der Waals surface area (Å²) in [4.78, 5) is 21.0. The van der Waals surface area contributed by atoms with Crippen molar-refractivity contribution >= 4 is 35.8 Å². The average molecular weight is 535 g/mol. The van der Waals surface area contributed by atoms with Gasteiger partial charge in [0.1, 0.15) is 12.2 Å². The molecule has 1 aromatic rings. The van der Waals surface area contributed by atoms with E-state index in [9.17, 15) is 4.79 Å². The molecule has 9 nitrogen and oxygen atoms in total. The zero-order valence-electron chi connectivity index (χ0n) is 18.8. The molecule has 172 valence electrons. The lowest BCUT2D eigenvalue weighted by atomic mass is 10.1. The van der Waals surface area contributed by atoms with E-state index in [0.29, 0.717) is 32.7 Å². The number of nitrogens with one attached hydrogen (secondary N) is 1. The van der Waals surface area contributed by atoms with Gasteiger partial charge >= 0.3 is 0 Å². The summed E-state index contributed by atoms with van der Waals surface area (Å²) in [5.74, 6) is 1.80. The number of guanidine groups is 1. The molecule has 0 radical (unpaired) electrons. The molecular weight excluding hydrogens is 497 g/mol. The minimum Gasteiger partial charge on any atom is -0.376 e. The molecule has 1 amide bonds. The SMILES string of the molecule is CCc1nncn1CCNC(=NCC1CCCCO1)N(C)CC(=O)N(CC)CC.I. The van der Waals surface area contributed by atoms with Gasteiger partial charge in [0.2, 0.25) is 5.91 Å². The maximum atomic E-state index is 12.5. The van der Waals surface area contributed by atoms with Gasteiger partial charge in [-0.15, -0.1) is 34.2 Å². The van der Waals surface area contributed by atoms with Crippen molar-refractivity contribution in [2.45, 2.75) is 59.1 Å². The number of carbonyl (C=O) groups excluding carboxylic acids is 1. The van der Waals surface area contributed by atoms with E-state index in [1.54, 1.807) is 6.33 Å². The average Bonchev–Trinajstić information content (AvgIpc) is 3.19. The van der Waals surface area contributed by atoms with Crippen LogP contribution in [0.5, 0.6) is 0 Å². The molecule has 1 atom stereocenters. The molecule has 0 bridgehead atoms. The van der Waals surface area contributed by atoms with Crippen LogP contribution in [0, 0.1) is 0 Å². The largest absolute Gasteiger partial charge is 0.376 e. The van der Waals surface area contributed by atoms with Gasteiger partial charge in [-0.05, 0) is 33.1 Å². The lowest BCUT2D eigenvalue weighted by Gasteiger charge is -2.27. The molecule has 1 unspecified atom stereocenters. The quantitative estimate of drug-likeness (QED) is 0.279. The first kappa shape index (κ1) is 26.6. The molecular formula is C20H38IN7O2. The van der Waals surface area contributed by atoms with Crippen LogP contribution in [0.1, 0.15) is 45.9 Å². The van der Waals surface area contributed by atoms with Gasteiger partial charge in [-0.1, -0.05) is 6.92 Å². The first-order valence-electron chi connectivity index (χ1n) is 10.8. The van der Waals surface area contributed by atoms with Gasteiger partial charge in [0.05, 0.1) is 19.2 Å². The Hall–Kier alpha value is -1.43. The molecule has 1 fully saturated rings. The molecule has 1 N–H and O–H groups in total. The number of aryl methyl sites for hydroxylation is 1. The number of halogens is 1. The van der Waals surface area contributed by atoms with Gasteiger partial charge in [-0.3, -0.25) is 9.79 Å². The van der Waals surface area contributed by atoms with E-state index in [1.165, 1.54) is 6.42 Å². The molecule has 0 saturated carbocycles. The number of hydrogen-bond acceptors (Lipinski definition) is 5. The van der Waals surface area contributed by atoms with Gasteiger partial charge in [0.25, 0.3) is 0 Å². The van der Waals surface area contributed by atoms with Crippen LogP contribution in [-0.2, 0) is 22.5 Å². The van der Waals surface area contributed by atoms with Crippen molar-refractivity contribution in [2.75, 3.05) is 46.4 Å². The molecule has 2 rings (SSSR count). The van der Waals surface area contributed by atoms with Gasteiger partial charge in [-0.2, -0.15) is 0 Å². The van der Waals surface area contributed by atoms with Crippen LogP contribution in [0.3, 0.4) is 0 Å². The third-order valence-electron chi connectivity index (χ3n) is 5.22. The highest BCUT2D eigenvalue weighted by molar-refractivity contribution is 14.0. The van der Waals surface area contributed by atoms with E-state index in [-0.39, 0.29) is 36.0 Å². The van der Waals surface area contributed by atoms with Crippen LogP contribution in [-0.4, -0.2) is 88.9 Å². The monoisotopic (exact) mass is 535 g/mol. The van der Waals surface area contributed by atoms with Crippen molar-refractivity contribution in [1.29, 1.82) is 0 Å². The first-order valence-corrected chi connectivity index (χ1v) is 10.8. The topological polar surface area (TPSA) is 87.9 Å². The fraction of sp³-hybridized carbons (Fsp3) is 0.800. The van der Waals surface area contributed by atoms with Crippen LogP contribution in [0.2, 0.25) is 0 Å². The summed E-state index contributed by atoms with van der Waals surface area (Å²) in [5, 5.41) is 11.5. The van der Waals surface area contributed by atoms with Crippen LogP contribution >= 0.6 is 24.0 Å². The Morgan fingerprint density at radius 2 is 2.10 bits per heavy atom. The minimum absolute atomic E-state index is 0. The lowest BCUT2D eigenvalue weighted by Crippen LogP contribution is -2.46. The van der Waals surface area contributed by atoms with E-state index >= 15 is 0 Å².